The van der Waals surface area contributed by atoms with Crippen LogP contribution in [0.3, 0.4) is 0 Å². The number of rotatable bonds is 8. The smallest absolute Gasteiger partial charge is 0.222 e. The summed E-state index contributed by atoms with van der Waals surface area (Å²) in [6.07, 6.45) is 1.57. The van der Waals surface area contributed by atoms with Crippen molar-refractivity contribution >= 4 is 30.7 Å². The van der Waals surface area contributed by atoms with Crippen LogP contribution in [-0.2, 0) is 11.3 Å². The van der Waals surface area contributed by atoms with E-state index in [1.165, 1.54) is 5.56 Å². The Hall–Kier alpha value is -1.01. The van der Waals surface area contributed by atoms with Crippen molar-refractivity contribution in [3.05, 3.63) is 29.8 Å². The van der Waals surface area contributed by atoms with E-state index in [-0.39, 0.29) is 24.8 Å². The van der Waals surface area contributed by atoms with Crippen LogP contribution in [0.5, 0.6) is 5.75 Å². The standard InChI is InChI=1S/C18H29N3O2.2ClH/c1-3-23-17-8-6-16(7-9-17)15-20-11-13-21(14-12-20)18(22)5-4-10-19-2;;/h6-9,19H,3-5,10-15H2,1-2H3;2*1H. The maximum atomic E-state index is 12.1. The Kier molecular flexibility index (Phi) is 12.7. The molecule has 7 heteroatoms. The summed E-state index contributed by atoms with van der Waals surface area (Å²) in [4.78, 5) is 16.5. The number of carbonyl (C=O) groups excluding carboxylic acids is 1. The van der Waals surface area contributed by atoms with E-state index in [1.807, 2.05) is 31.0 Å². The fraction of sp³-hybridized carbons (Fsp3) is 0.611. The lowest BCUT2D eigenvalue weighted by atomic mass is 10.2. The van der Waals surface area contributed by atoms with Crippen LogP contribution in [0, 0.1) is 0 Å². The molecule has 2 rings (SSSR count). The number of amides is 1. The van der Waals surface area contributed by atoms with E-state index in [2.05, 4.69) is 22.3 Å². The number of nitrogens with zero attached hydrogens (tertiary/aromatic N) is 2. The van der Waals surface area contributed by atoms with Gasteiger partial charge in [-0.25, -0.2) is 0 Å². The van der Waals surface area contributed by atoms with Gasteiger partial charge in [0.25, 0.3) is 0 Å². The van der Waals surface area contributed by atoms with Gasteiger partial charge in [0.15, 0.2) is 0 Å². The summed E-state index contributed by atoms with van der Waals surface area (Å²) in [5.41, 5.74) is 1.29. The predicted octanol–water partition coefficient (Wildman–Crippen LogP) is 2.57. The second kappa shape index (κ2) is 13.2. The minimum absolute atomic E-state index is 0. The van der Waals surface area contributed by atoms with Gasteiger partial charge in [-0.05, 0) is 44.6 Å². The molecule has 1 aliphatic heterocycles. The van der Waals surface area contributed by atoms with Gasteiger partial charge in [-0.3, -0.25) is 9.69 Å². The third-order valence-electron chi connectivity index (χ3n) is 4.18. The number of piperazine rings is 1. The normalized spacial score (nSPS) is 14.4. The van der Waals surface area contributed by atoms with E-state index in [0.29, 0.717) is 18.9 Å². The van der Waals surface area contributed by atoms with Gasteiger partial charge in [-0.1, -0.05) is 12.1 Å². The van der Waals surface area contributed by atoms with Crippen molar-refractivity contribution in [2.45, 2.75) is 26.3 Å². The van der Waals surface area contributed by atoms with Crippen LogP contribution in [-0.4, -0.2) is 62.1 Å². The number of halogens is 2. The molecule has 1 N–H and O–H groups in total. The summed E-state index contributed by atoms with van der Waals surface area (Å²) >= 11 is 0. The molecule has 1 aromatic rings. The molecule has 1 aliphatic rings. The molecular weight excluding hydrogens is 361 g/mol. The Morgan fingerprint density at radius 2 is 1.76 bits per heavy atom. The van der Waals surface area contributed by atoms with E-state index in [4.69, 9.17) is 4.74 Å². The molecule has 1 heterocycles. The average Bonchev–Trinajstić information content (AvgIpc) is 2.58. The van der Waals surface area contributed by atoms with Gasteiger partial charge in [0.2, 0.25) is 5.91 Å². The minimum Gasteiger partial charge on any atom is -0.494 e. The lowest BCUT2D eigenvalue weighted by molar-refractivity contribution is -0.133. The highest BCUT2D eigenvalue weighted by atomic mass is 35.5. The summed E-state index contributed by atoms with van der Waals surface area (Å²) < 4.78 is 5.47. The summed E-state index contributed by atoms with van der Waals surface area (Å²) in [6, 6.07) is 8.31. The van der Waals surface area contributed by atoms with Crippen molar-refractivity contribution < 1.29 is 9.53 Å². The van der Waals surface area contributed by atoms with E-state index in [1.54, 1.807) is 0 Å². The fourth-order valence-electron chi connectivity index (χ4n) is 2.85. The first kappa shape index (κ1) is 24.0. The molecule has 1 saturated heterocycles. The van der Waals surface area contributed by atoms with Crippen molar-refractivity contribution in [3.63, 3.8) is 0 Å². The summed E-state index contributed by atoms with van der Waals surface area (Å²) in [5.74, 6) is 1.22. The predicted molar refractivity (Wildman–Crippen MR) is 107 cm³/mol. The molecule has 0 atom stereocenters. The van der Waals surface area contributed by atoms with Crippen molar-refractivity contribution in [1.82, 2.24) is 15.1 Å². The van der Waals surface area contributed by atoms with Crippen molar-refractivity contribution in [2.75, 3.05) is 46.4 Å². The monoisotopic (exact) mass is 391 g/mol. The first-order chi connectivity index (χ1) is 11.2. The van der Waals surface area contributed by atoms with Gasteiger partial charge in [0.1, 0.15) is 5.75 Å². The molecule has 0 aliphatic carbocycles. The summed E-state index contributed by atoms with van der Waals surface area (Å²) in [6.45, 7) is 8.12. The van der Waals surface area contributed by atoms with Gasteiger partial charge < -0.3 is 15.0 Å². The molecule has 5 nitrogen and oxygen atoms in total. The molecule has 1 fully saturated rings. The number of ether oxygens (including phenoxy) is 1. The molecule has 0 bridgehead atoms. The maximum absolute atomic E-state index is 12.1. The topological polar surface area (TPSA) is 44.8 Å². The van der Waals surface area contributed by atoms with E-state index in [9.17, 15) is 4.79 Å². The Labute approximate surface area is 163 Å². The molecule has 0 saturated carbocycles. The Bertz CT molecular complexity index is 478. The molecule has 25 heavy (non-hydrogen) atoms. The number of hydrogen-bond donors (Lipinski definition) is 1. The lowest BCUT2D eigenvalue weighted by Crippen LogP contribution is -2.48. The second-order valence-electron chi connectivity index (χ2n) is 5.94. The van der Waals surface area contributed by atoms with E-state index in [0.717, 1.165) is 51.4 Å². The third kappa shape index (κ3) is 8.27. The zero-order chi connectivity index (χ0) is 16.5. The third-order valence-corrected chi connectivity index (χ3v) is 4.18. The van der Waals surface area contributed by atoms with Crippen molar-refractivity contribution in [1.29, 1.82) is 0 Å². The van der Waals surface area contributed by atoms with Crippen LogP contribution in [0.1, 0.15) is 25.3 Å². The van der Waals surface area contributed by atoms with Gasteiger partial charge >= 0.3 is 0 Å². The van der Waals surface area contributed by atoms with Crippen molar-refractivity contribution in [2.24, 2.45) is 0 Å². The van der Waals surface area contributed by atoms with Crippen molar-refractivity contribution in [3.8, 4) is 5.75 Å². The van der Waals surface area contributed by atoms with Crippen LogP contribution in [0.2, 0.25) is 0 Å². The Morgan fingerprint density at radius 1 is 1.12 bits per heavy atom. The number of benzene rings is 1. The summed E-state index contributed by atoms with van der Waals surface area (Å²) in [5, 5.41) is 3.08. The maximum Gasteiger partial charge on any atom is 0.222 e. The molecule has 0 aromatic heterocycles. The van der Waals surface area contributed by atoms with Gasteiger partial charge in [-0.15, -0.1) is 24.8 Å². The van der Waals surface area contributed by atoms with Gasteiger partial charge in [-0.2, -0.15) is 0 Å². The fourth-order valence-corrected chi connectivity index (χ4v) is 2.85. The molecule has 0 spiro atoms. The quantitative estimate of drug-likeness (QED) is 0.691. The van der Waals surface area contributed by atoms with Crippen LogP contribution < -0.4 is 10.1 Å². The molecular formula is C18H31Cl2N3O2. The van der Waals surface area contributed by atoms with E-state index >= 15 is 0 Å². The molecule has 1 amide bonds. The zero-order valence-electron chi connectivity index (χ0n) is 15.2. The summed E-state index contributed by atoms with van der Waals surface area (Å²) in [7, 11) is 1.92. The molecule has 1 aromatic carbocycles. The molecule has 144 valence electrons. The van der Waals surface area contributed by atoms with Gasteiger partial charge in [0.05, 0.1) is 6.61 Å². The highest BCUT2D eigenvalue weighted by Gasteiger charge is 2.20. The average molecular weight is 392 g/mol. The van der Waals surface area contributed by atoms with Gasteiger partial charge in [0, 0.05) is 39.1 Å². The highest BCUT2D eigenvalue weighted by Crippen LogP contribution is 2.15. The van der Waals surface area contributed by atoms with Crippen LogP contribution in [0.4, 0.5) is 0 Å². The van der Waals surface area contributed by atoms with E-state index < -0.39 is 0 Å². The Balaban J connectivity index is 0.00000288. The second-order valence-corrected chi connectivity index (χ2v) is 5.94. The van der Waals surface area contributed by atoms with Crippen LogP contribution in [0.25, 0.3) is 0 Å². The highest BCUT2D eigenvalue weighted by molar-refractivity contribution is 5.85. The molecule has 0 unspecified atom stereocenters. The molecule has 0 radical (unpaired) electrons. The largest absolute Gasteiger partial charge is 0.494 e. The Morgan fingerprint density at radius 3 is 2.32 bits per heavy atom. The number of hydrogen-bond acceptors (Lipinski definition) is 4. The lowest BCUT2D eigenvalue weighted by Gasteiger charge is -2.34. The number of nitrogens with one attached hydrogen (secondary N) is 1. The van der Waals surface area contributed by atoms with Crippen LogP contribution >= 0.6 is 24.8 Å². The first-order valence-electron chi connectivity index (χ1n) is 8.59. The number of carbonyl (C=O) groups is 1. The SMILES string of the molecule is CCOc1ccc(CN2CCN(C(=O)CCCNC)CC2)cc1.Cl.Cl. The first-order valence-corrected chi connectivity index (χ1v) is 8.59. The minimum atomic E-state index is 0. The zero-order valence-corrected chi connectivity index (χ0v) is 16.8. The van der Waals surface area contributed by atoms with Crippen LogP contribution in [0.15, 0.2) is 24.3 Å².